The molecule has 0 bridgehead atoms. The number of nitrogens with one attached hydrogen (secondary N) is 2. The molecule has 1 aromatic rings. The van der Waals surface area contributed by atoms with E-state index in [-0.39, 0.29) is 5.91 Å². The molecule has 1 aliphatic rings. The van der Waals surface area contributed by atoms with Gasteiger partial charge in [0.25, 0.3) is 5.91 Å². The van der Waals surface area contributed by atoms with E-state index in [0.29, 0.717) is 5.56 Å². The van der Waals surface area contributed by atoms with E-state index in [2.05, 4.69) is 10.6 Å². The molecule has 2 rings (SSSR count). The number of hydrogen-bond acceptors (Lipinski definition) is 3. The summed E-state index contributed by atoms with van der Waals surface area (Å²) in [6.45, 7) is 3.12. The van der Waals surface area contributed by atoms with Crippen molar-refractivity contribution in [3.63, 3.8) is 0 Å². The average Bonchev–Trinajstić information content (AvgIpc) is 2.82. The molecule has 1 aliphatic heterocycles. The smallest absolute Gasteiger partial charge is 0.250 e. The molecule has 0 aromatic heterocycles. The van der Waals surface area contributed by atoms with Gasteiger partial charge in [-0.25, -0.2) is 0 Å². The minimum atomic E-state index is -0.379. The molecule has 1 saturated heterocycles. The van der Waals surface area contributed by atoms with Crippen molar-refractivity contribution < 1.29 is 4.79 Å². The summed E-state index contributed by atoms with van der Waals surface area (Å²) in [5.41, 5.74) is 6.73. The van der Waals surface area contributed by atoms with Gasteiger partial charge in [-0.05, 0) is 44.0 Å². The third-order valence-electron chi connectivity index (χ3n) is 3.22. The van der Waals surface area contributed by atoms with Crippen LogP contribution in [0.25, 0.3) is 0 Å². The van der Waals surface area contributed by atoms with E-state index >= 15 is 0 Å². The van der Waals surface area contributed by atoms with Crippen LogP contribution in [0, 0.1) is 5.92 Å². The maximum absolute atomic E-state index is 11.2. The molecule has 1 aromatic carbocycles. The predicted octanol–water partition coefficient (Wildman–Crippen LogP) is 1.20. The fourth-order valence-electron chi connectivity index (χ4n) is 2.22. The van der Waals surface area contributed by atoms with Crippen molar-refractivity contribution in [1.29, 1.82) is 0 Å². The van der Waals surface area contributed by atoms with Gasteiger partial charge in [-0.1, -0.05) is 12.1 Å². The Kier molecular flexibility index (Phi) is 3.98. The van der Waals surface area contributed by atoms with E-state index in [9.17, 15) is 4.79 Å². The van der Waals surface area contributed by atoms with Gasteiger partial charge < -0.3 is 16.4 Å². The van der Waals surface area contributed by atoms with Crippen molar-refractivity contribution in [2.45, 2.75) is 12.8 Å². The molecule has 1 fully saturated rings. The van der Waals surface area contributed by atoms with E-state index in [4.69, 9.17) is 5.73 Å². The summed E-state index contributed by atoms with van der Waals surface area (Å²) in [7, 11) is 0. The molecule has 92 valence electrons. The van der Waals surface area contributed by atoms with Crippen molar-refractivity contribution in [3.8, 4) is 0 Å². The number of carbonyl (C=O) groups excluding carboxylic acids is 1. The van der Waals surface area contributed by atoms with Crippen LogP contribution in [0.15, 0.2) is 24.3 Å². The van der Waals surface area contributed by atoms with Gasteiger partial charge in [0.1, 0.15) is 0 Å². The molecule has 1 amide bonds. The number of primary amides is 1. The lowest BCUT2D eigenvalue weighted by Gasteiger charge is -2.12. The summed E-state index contributed by atoms with van der Waals surface area (Å²) in [5.74, 6) is 0.374. The number of carbonyl (C=O) groups is 1. The first-order valence-electron chi connectivity index (χ1n) is 6.11. The molecule has 1 heterocycles. The summed E-state index contributed by atoms with van der Waals surface area (Å²) in [6, 6.07) is 7.38. The first-order valence-corrected chi connectivity index (χ1v) is 6.11. The van der Waals surface area contributed by atoms with E-state index in [1.54, 1.807) is 6.07 Å². The van der Waals surface area contributed by atoms with E-state index in [1.807, 2.05) is 18.2 Å². The summed E-state index contributed by atoms with van der Waals surface area (Å²) >= 11 is 0. The number of para-hydroxylation sites is 1. The molecule has 4 nitrogen and oxygen atoms in total. The molecule has 0 aliphatic carbocycles. The molecule has 17 heavy (non-hydrogen) atoms. The molecule has 0 saturated carbocycles. The highest BCUT2D eigenvalue weighted by Gasteiger charge is 2.14. The Morgan fingerprint density at radius 2 is 2.29 bits per heavy atom. The van der Waals surface area contributed by atoms with E-state index < -0.39 is 0 Å². The third kappa shape index (κ3) is 3.20. The Labute approximate surface area is 102 Å². The summed E-state index contributed by atoms with van der Waals surface area (Å²) in [6.07, 6.45) is 2.37. The quantitative estimate of drug-likeness (QED) is 0.716. The van der Waals surface area contributed by atoms with E-state index in [0.717, 1.165) is 37.7 Å². The lowest BCUT2D eigenvalue weighted by molar-refractivity contribution is 0.100. The Hall–Kier alpha value is -1.55. The van der Waals surface area contributed by atoms with Crippen LogP contribution in [0.4, 0.5) is 5.69 Å². The van der Waals surface area contributed by atoms with Gasteiger partial charge in [-0.3, -0.25) is 4.79 Å². The number of nitrogens with two attached hydrogens (primary N) is 1. The second-order valence-electron chi connectivity index (χ2n) is 4.48. The lowest BCUT2D eigenvalue weighted by Crippen LogP contribution is -2.16. The summed E-state index contributed by atoms with van der Waals surface area (Å²) < 4.78 is 0. The fourth-order valence-corrected chi connectivity index (χ4v) is 2.22. The highest BCUT2D eigenvalue weighted by atomic mass is 16.1. The maximum atomic E-state index is 11.2. The van der Waals surface area contributed by atoms with Crippen LogP contribution in [-0.2, 0) is 0 Å². The number of hydrogen-bond donors (Lipinski definition) is 3. The minimum absolute atomic E-state index is 0.379. The molecular formula is C13H19N3O. The number of rotatable bonds is 5. The molecule has 1 unspecified atom stereocenters. The van der Waals surface area contributed by atoms with Crippen LogP contribution >= 0.6 is 0 Å². The second kappa shape index (κ2) is 5.68. The molecule has 1 atom stereocenters. The van der Waals surface area contributed by atoms with Crippen LogP contribution < -0.4 is 16.4 Å². The zero-order valence-corrected chi connectivity index (χ0v) is 9.91. The summed E-state index contributed by atoms with van der Waals surface area (Å²) in [4.78, 5) is 11.2. The predicted molar refractivity (Wildman–Crippen MR) is 69.0 cm³/mol. The Balaban J connectivity index is 1.87. The Morgan fingerprint density at radius 3 is 3.00 bits per heavy atom. The van der Waals surface area contributed by atoms with Gasteiger partial charge in [0.2, 0.25) is 0 Å². The van der Waals surface area contributed by atoms with E-state index in [1.165, 1.54) is 6.42 Å². The highest BCUT2D eigenvalue weighted by Crippen LogP contribution is 2.16. The SMILES string of the molecule is NC(=O)c1ccccc1NCCC1CCNC1. The fraction of sp³-hybridized carbons (Fsp3) is 0.462. The van der Waals surface area contributed by atoms with Crippen LogP contribution in [0.2, 0.25) is 0 Å². The van der Waals surface area contributed by atoms with Crippen molar-refractivity contribution in [2.75, 3.05) is 25.0 Å². The van der Waals surface area contributed by atoms with Crippen LogP contribution in [0.3, 0.4) is 0 Å². The number of amides is 1. The maximum Gasteiger partial charge on any atom is 0.250 e. The zero-order valence-electron chi connectivity index (χ0n) is 9.91. The van der Waals surface area contributed by atoms with Gasteiger partial charge in [0.15, 0.2) is 0 Å². The van der Waals surface area contributed by atoms with Crippen LogP contribution in [-0.4, -0.2) is 25.5 Å². The van der Waals surface area contributed by atoms with Crippen LogP contribution in [0.5, 0.6) is 0 Å². The minimum Gasteiger partial charge on any atom is -0.384 e. The lowest BCUT2D eigenvalue weighted by atomic mass is 10.0. The Morgan fingerprint density at radius 1 is 1.47 bits per heavy atom. The Bertz CT molecular complexity index is 386. The van der Waals surface area contributed by atoms with Gasteiger partial charge in [0.05, 0.1) is 5.56 Å². The molecule has 0 spiro atoms. The van der Waals surface area contributed by atoms with Crippen molar-refractivity contribution in [1.82, 2.24) is 5.32 Å². The average molecular weight is 233 g/mol. The topological polar surface area (TPSA) is 67.2 Å². The van der Waals surface area contributed by atoms with Gasteiger partial charge in [-0.2, -0.15) is 0 Å². The molecule has 0 radical (unpaired) electrons. The zero-order chi connectivity index (χ0) is 12.1. The van der Waals surface area contributed by atoms with Crippen molar-refractivity contribution >= 4 is 11.6 Å². The van der Waals surface area contributed by atoms with Crippen molar-refractivity contribution in [3.05, 3.63) is 29.8 Å². The molecule has 4 N–H and O–H groups in total. The molecular weight excluding hydrogens is 214 g/mol. The van der Waals surface area contributed by atoms with Crippen LogP contribution in [0.1, 0.15) is 23.2 Å². The first kappa shape index (κ1) is 11.9. The number of benzene rings is 1. The standard InChI is InChI=1S/C13H19N3O/c14-13(17)11-3-1-2-4-12(11)16-8-6-10-5-7-15-9-10/h1-4,10,15-16H,5-9H2,(H2,14,17). The largest absolute Gasteiger partial charge is 0.384 e. The second-order valence-corrected chi connectivity index (χ2v) is 4.48. The highest BCUT2D eigenvalue weighted by molar-refractivity contribution is 5.98. The van der Waals surface area contributed by atoms with Crippen molar-refractivity contribution in [2.24, 2.45) is 11.7 Å². The third-order valence-corrected chi connectivity index (χ3v) is 3.22. The normalized spacial score (nSPS) is 19.2. The summed E-state index contributed by atoms with van der Waals surface area (Å²) in [5, 5.41) is 6.64. The van der Waals surface area contributed by atoms with Gasteiger partial charge in [-0.15, -0.1) is 0 Å². The van der Waals surface area contributed by atoms with Gasteiger partial charge in [0, 0.05) is 12.2 Å². The monoisotopic (exact) mass is 233 g/mol. The molecule has 4 heteroatoms. The number of anilines is 1. The van der Waals surface area contributed by atoms with Gasteiger partial charge >= 0.3 is 0 Å². The first-order chi connectivity index (χ1) is 8.27.